The molecule has 1 amide bonds. The van der Waals surface area contributed by atoms with Crippen LogP contribution in [0.3, 0.4) is 0 Å². The minimum Gasteiger partial charge on any atom is -0.497 e. The molecule has 1 saturated heterocycles. The molecule has 0 aliphatic carbocycles. The normalized spacial score (nSPS) is 16.3. The molecule has 1 aromatic carbocycles. The first-order chi connectivity index (χ1) is 8.61. The van der Waals surface area contributed by atoms with Gasteiger partial charge in [0.05, 0.1) is 37.1 Å². The molecule has 5 nitrogen and oxygen atoms in total. The van der Waals surface area contributed by atoms with Gasteiger partial charge in [-0.3, -0.25) is 4.79 Å². The second-order valence-electron chi connectivity index (χ2n) is 3.99. The fourth-order valence-electron chi connectivity index (χ4n) is 1.52. The van der Waals surface area contributed by atoms with Gasteiger partial charge in [0.2, 0.25) is 5.91 Å². The zero-order valence-corrected chi connectivity index (χ0v) is 10.5. The number of benzene rings is 1. The maximum atomic E-state index is 12.0. The number of hydrogen-bond acceptors (Lipinski definition) is 4. The first-order valence-corrected chi connectivity index (χ1v) is 5.63. The lowest BCUT2D eigenvalue weighted by Crippen LogP contribution is -2.50. The summed E-state index contributed by atoms with van der Waals surface area (Å²) in [5, 5.41) is 12.0. The Bertz CT molecular complexity index is 521. The topological polar surface area (TPSA) is 71.3 Å². The molecule has 18 heavy (non-hydrogen) atoms. The van der Waals surface area contributed by atoms with Crippen LogP contribution < -0.4 is 10.1 Å². The molecular formula is C12H11ClN2O3. The molecule has 1 aliphatic heterocycles. The van der Waals surface area contributed by atoms with Crippen LogP contribution in [0.25, 0.3) is 0 Å². The zero-order valence-electron chi connectivity index (χ0n) is 9.70. The second kappa shape index (κ2) is 4.84. The number of halogens is 1. The van der Waals surface area contributed by atoms with Gasteiger partial charge in [-0.25, -0.2) is 0 Å². The van der Waals surface area contributed by atoms with Crippen molar-refractivity contribution in [3.63, 3.8) is 0 Å². The fourth-order valence-corrected chi connectivity index (χ4v) is 1.74. The number of amides is 1. The molecule has 0 saturated carbocycles. The van der Waals surface area contributed by atoms with Gasteiger partial charge in [-0.1, -0.05) is 11.6 Å². The molecule has 1 aliphatic rings. The number of anilines is 1. The van der Waals surface area contributed by atoms with E-state index in [2.05, 4.69) is 5.32 Å². The number of nitrogens with zero attached hydrogens (tertiary/aromatic N) is 1. The largest absolute Gasteiger partial charge is 0.497 e. The first kappa shape index (κ1) is 12.7. The summed E-state index contributed by atoms with van der Waals surface area (Å²) in [6.45, 7) is 0.228. The molecule has 1 N–H and O–H groups in total. The molecule has 2 rings (SSSR count). The Kier molecular flexibility index (Phi) is 3.41. The van der Waals surface area contributed by atoms with Crippen LogP contribution in [0.4, 0.5) is 5.69 Å². The van der Waals surface area contributed by atoms with Crippen molar-refractivity contribution < 1.29 is 14.3 Å². The van der Waals surface area contributed by atoms with E-state index in [1.165, 1.54) is 7.11 Å². The van der Waals surface area contributed by atoms with Crippen LogP contribution in [-0.4, -0.2) is 26.2 Å². The summed E-state index contributed by atoms with van der Waals surface area (Å²) in [7, 11) is 1.53. The smallest absolute Gasteiger partial charge is 0.249 e. The molecule has 0 unspecified atom stereocenters. The molecule has 1 fully saturated rings. The molecule has 94 valence electrons. The quantitative estimate of drug-likeness (QED) is 0.906. The van der Waals surface area contributed by atoms with E-state index in [1.54, 1.807) is 18.2 Å². The van der Waals surface area contributed by atoms with Crippen molar-refractivity contribution in [1.29, 1.82) is 5.26 Å². The maximum Gasteiger partial charge on any atom is 0.249 e. The van der Waals surface area contributed by atoms with E-state index in [1.807, 2.05) is 6.07 Å². The Balaban J connectivity index is 2.15. The third-order valence-electron chi connectivity index (χ3n) is 2.77. The predicted molar refractivity (Wildman–Crippen MR) is 65.5 cm³/mol. The molecule has 0 bridgehead atoms. The number of carbonyl (C=O) groups excluding carboxylic acids is 1. The van der Waals surface area contributed by atoms with E-state index >= 15 is 0 Å². The van der Waals surface area contributed by atoms with Gasteiger partial charge in [0.15, 0.2) is 5.41 Å². The van der Waals surface area contributed by atoms with Gasteiger partial charge >= 0.3 is 0 Å². The van der Waals surface area contributed by atoms with E-state index in [9.17, 15) is 4.79 Å². The summed E-state index contributed by atoms with van der Waals surface area (Å²) in [5.74, 6) is 0.197. The number of ether oxygens (including phenoxy) is 2. The Morgan fingerprint density at radius 2 is 2.33 bits per heavy atom. The number of carbonyl (C=O) groups is 1. The molecular weight excluding hydrogens is 256 g/mol. The lowest BCUT2D eigenvalue weighted by atomic mass is 9.87. The lowest BCUT2D eigenvalue weighted by Gasteiger charge is -2.33. The molecule has 6 heteroatoms. The number of rotatable bonds is 3. The van der Waals surface area contributed by atoms with Crippen LogP contribution in [0, 0.1) is 16.7 Å². The summed E-state index contributed by atoms with van der Waals surface area (Å²) < 4.78 is 9.92. The number of nitriles is 1. The highest BCUT2D eigenvalue weighted by Crippen LogP contribution is 2.31. The van der Waals surface area contributed by atoms with Crippen LogP contribution in [0.5, 0.6) is 5.75 Å². The van der Waals surface area contributed by atoms with Crippen LogP contribution in [0.15, 0.2) is 18.2 Å². The molecule has 0 atom stereocenters. The molecule has 0 radical (unpaired) electrons. The third kappa shape index (κ3) is 2.13. The SMILES string of the molecule is COc1ccc(NC(=O)C2(C#N)COC2)c(Cl)c1. The highest BCUT2D eigenvalue weighted by atomic mass is 35.5. The summed E-state index contributed by atoms with van der Waals surface area (Å²) in [6.07, 6.45) is 0. The third-order valence-corrected chi connectivity index (χ3v) is 3.08. The second-order valence-corrected chi connectivity index (χ2v) is 4.39. The van der Waals surface area contributed by atoms with Gasteiger partial charge in [-0.2, -0.15) is 5.26 Å². The average Bonchev–Trinajstić information content (AvgIpc) is 2.31. The maximum absolute atomic E-state index is 12.0. The lowest BCUT2D eigenvalue weighted by molar-refractivity contribution is -0.144. The van der Waals surface area contributed by atoms with Gasteiger partial charge in [0.25, 0.3) is 0 Å². The molecule has 1 aromatic rings. The van der Waals surface area contributed by atoms with Crippen molar-refractivity contribution in [2.45, 2.75) is 0 Å². The summed E-state index contributed by atoms with van der Waals surface area (Å²) in [6, 6.07) is 6.87. The minimum absolute atomic E-state index is 0.114. The van der Waals surface area contributed by atoms with Crippen molar-refractivity contribution in [1.82, 2.24) is 0 Å². The van der Waals surface area contributed by atoms with Crippen molar-refractivity contribution in [2.24, 2.45) is 5.41 Å². The molecule has 1 heterocycles. The van der Waals surface area contributed by atoms with Crippen LogP contribution in [0.1, 0.15) is 0 Å². The van der Waals surface area contributed by atoms with Gasteiger partial charge in [-0.05, 0) is 12.1 Å². The highest BCUT2D eigenvalue weighted by molar-refractivity contribution is 6.34. The van der Waals surface area contributed by atoms with Crippen LogP contribution in [0.2, 0.25) is 5.02 Å². The monoisotopic (exact) mass is 266 g/mol. The Morgan fingerprint density at radius 1 is 1.61 bits per heavy atom. The van der Waals surface area contributed by atoms with Crippen molar-refractivity contribution >= 4 is 23.2 Å². The van der Waals surface area contributed by atoms with E-state index in [0.29, 0.717) is 16.5 Å². The van der Waals surface area contributed by atoms with Gasteiger partial charge < -0.3 is 14.8 Å². The van der Waals surface area contributed by atoms with Crippen molar-refractivity contribution in [2.75, 3.05) is 25.6 Å². The molecule has 0 spiro atoms. The van der Waals surface area contributed by atoms with Crippen molar-refractivity contribution in [3.8, 4) is 11.8 Å². The van der Waals surface area contributed by atoms with E-state index in [0.717, 1.165) is 0 Å². The minimum atomic E-state index is -1.09. The van der Waals surface area contributed by atoms with E-state index < -0.39 is 11.3 Å². The van der Waals surface area contributed by atoms with Gasteiger partial charge in [0, 0.05) is 6.07 Å². The highest BCUT2D eigenvalue weighted by Gasteiger charge is 2.46. The average molecular weight is 267 g/mol. The van der Waals surface area contributed by atoms with Gasteiger partial charge in [-0.15, -0.1) is 0 Å². The zero-order chi connectivity index (χ0) is 13.2. The van der Waals surface area contributed by atoms with E-state index in [4.69, 9.17) is 26.3 Å². The van der Waals surface area contributed by atoms with Crippen molar-refractivity contribution in [3.05, 3.63) is 23.2 Å². The molecule has 0 aromatic heterocycles. The summed E-state index contributed by atoms with van der Waals surface area (Å²) in [4.78, 5) is 12.0. The Hall–Kier alpha value is -1.77. The number of methoxy groups -OCH3 is 1. The number of nitrogens with one attached hydrogen (secondary N) is 1. The van der Waals surface area contributed by atoms with Crippen LogP contribution in [-0.2, 0) is 9.53 Å². The van der Waals surface area contributed by atoms with Gasteiger partial charge in [0.1, 0.15) is 5.75 Å². The fraction of sp³-hybridized carbons (Fsp3) is 0.333. The number of hydrogen-bond donors (Lipinski definition) is 1. The Labute approximate surface area is 109 Å². The standard InChI is InChI=1S/C12H11ClN2O3/c1-17-8-2-3-10(9(13)4-8)15-11(16)12(5-14)6-18-7-12/h2-4H,6-7H2,1H3,(H,15,16). The summed E-state index contributed by atoms with van der Waals surface area (Å²) >= 11 is 6.00. The first-order valence-electron chi connectivity index (χ1n) is 5.25. The van der Waals surface area contributed by atoms with Crippen LogP contribution >= 0.6 is 11.6 Å². The Morgan fingerprint density at radius 3 is 2.78 bits per heavy atom. The van der Waals surface area contributed by atoms with E-state index in [-0.39, 0.29) is 13.2 Å². The summed E-state index contributed by atoms with van der Waals surface area (Å²) in [5.41, 5.74) is -0.646. The predicted octanol–water partition coefficient (Wildman–Crippen LogP) is 1.83.